The Kier molecular flexibility index (Phi) is 5.77. The number of rotatable bonds is 6. The van der Waals surface area contributed by atoms with Crippen molar-refractivity contribution in [1.82, 2.24) is 34.5 Å². The number of halogens is 6. The van der Waals surface area contributed by atoms with Gasteiger partial charge in [-0.25, -0.2) is 22.4 Å². The van der Waals surface area contributed by atoms with E-state index in [1.165, 1.54) is 30.2 Å². The Balaban J connectivity index is 1.33. The fraction of sp³-hybridized carbons (Fsp3) is 0.478. The third-order valence-electron chi connectivity index (χ3n) is 6.76. The Bertz CT molecular complexity index is 1590. The summed E-state index contributed by atoms with van der Waals surface area (Å²) in [4.78, 5) is 5.57. The Morgan fingerprint density at radius 3 is 2.74 bits per heavy atom. The van der Waals surface area contributed by atoms with Gasteiger partial charge >= 0.3 is 6.18 Å². The molecule has 0 bridgehead atoms. The predicted octanol–water partition coefficient (Wildman–Crippen LogP) is 3.37. The second kappa shape index (κ2) is 9.22. The largest absolute Gasteiger partial charge is 0.479 e. The van der Waals surface area contributed by atoms with Crippen molar-refractivity contribution in [2.45, 2.75) is 37.1 Å². The molecule has 208 valence electrons. The number of likely N-dealkylation sites (tertiary alicyclic amines) is 1. The van der Waals surface area contributed by atoms with Gasteiger partial charge in [-0.15, -0.1) is 10.2 Å². The Labute approximate surface area is 217 Å². The zero-order valence-corrected chi connectivity index (χ0v) is 20.3. The van der Waals surface area contributed by atoms with Crippen LogP contribution in [0.3, 0.4) is 0 Å². The van der Waals surface area contributed by atoms with Gasteiger partial charge in [-0.3, -0.25) is 4.90 Å². The SMILES string of the molecule is [2H]C1(N2CCC(Nc3nc(OC)c4c(-c5ccc6nnn(CC(F)(F)F)c6c5)c(F)cn4n3)C(F)(F)C2)COC1. The lowest BCUT2D eigenvalue weighted by molar-refractivity contribution is -0.142. The molecule has 0 radical (unpaired) electrons. The zero-order chi connectivity index (χ0) is 28.4. The molecule has 1 atom stereocenters. The molecule has 0 spiro atoms. The van der Waals surface area contributed by atoms with Crippen LogP contribution in [0.5, 0.6) is 5.88 Å². The molecule has 5 heterocycles. The monoisotopic (exact) mass is 557 g/mol. The molecule has 2 fully saturated rings. The molecule has 1 aromatic carbocycles. The highest BCUT2D eigenvalue weighted by atomic mass is 19.4. The number of piperidine rings is 1. The van der Waals surface area contributed by atoms with E-state index in [1.807, 2.05) is 0 Å². The Morgan fingerprint density at radius 1 is 1.28 bits per heavy atom. The van der Waals surface area contributed by atoms with Crippen molar-refractivity contribution in [2.75, 3.05) is 38.7 Å². The summed E-state index contributed by atoms with van der Waals surface area (Å²) in [5, 5.41) is 14.0. The second-order valence-electron chi connectivity index (χ2n) is 9.38. The van der Waals surface area contributed by atoms with Gasteiger partial charge in [0, 0.05) is 6.54 Å². The minimum Gasteiger partial charge on any atom is -0.479 e. The fourth-order valence-electron chi connectivity index (χ4n) is 4.83. The topological polar surface area (TPSA) is 94.6 Å². The van der Waals surface area contributed by atoms with Gasteiger partial charge in [0.05, 0.1) is 57.6 Å². The van der Waals surface area contributed by atoms with Gasteiger partial charge in [-0.1, -0.05) is 11.3 Å². The smallest absolute Gasteiger partial charge is 0.408 e. The molecule has 0 aliphatic carbocycles. The molecule has 2 aliphatic heterocycles. The van der Waals surface area contributed by atoms with Gasteiger partial charge < -0.3 is 14.8 Å². The van der Waals surface area contributed by atoms with Crippen LogP contribution >= 0.6 is 0 Å². The summed E-state index contributed by atoms with van der Waals surface area (Å²) in [6.07, 6.45) is -3.56. The number of aromatic nitrogens is 6. The van der Waals surface area contributed by atoms with Crippen molar-refractivity contribution in [3.8, 4) is 17.0 Å². The van der Waals surface area contributed by atoms with E-state index in [-0.39, 0.29) is 65.7 Å². The maximum atomic E-state index is 15.3. The van der Waals surface area contributed by atoms with Crippen LogP contribution in [0.15, 0.2) is 24.4 Å². The molecular formula is C23H22F6N8O2. The highest BCUT2D eigenvalue weighted by Gasteiger charge is 2.47. The summed E-state index contributed by atoms with van der Waals surface area (Å²) in [5.41, 5.74) is 0.377. The zero-order valence-electron chi connectivity index (χ0n) is 21.3. The van der Waals surface area contributed by atoms with Gasteiger partial charge in [-0.2, -0.15) is 18.2 Å². The average Bonchev–Trinajstić information content (AvgIpc) is 3.41. The van der Waals surface area contributed by atoms with Gasteiger partial charge in [0.1, 0.15) is 17.6 Å². The number of hydrogen-bond acceptors (Lipinski definition) is 8. The van der Waals surface area contributed by atoms with Crippen LogP contribution in [-0.4, -0.2) is 92.1 Å². The van der Waals surface area contributed by atoms with E-state index in [0.717, 1.165) is 10.7 Å². The van der Waals surface area contributed by atoms with E-state index >= 15 is 13.2 Å². The van der Waals surface area contributed by atoms with Crippen molar-refractivity contribution < 1.29 is 37.2 Å². The molecule has 2 saturated heterocycles. The third kappa shape index (κ3) is 4.71. The summed E-state index contributed by atoms with van der Waals surface area (Å²) in [5.74, 6) is -4.40. The van der Waals surface area contributed by atoms with Gasteiger partial charge in [0.15, 0.2) is 5.82 Å². The van der Waals surface area contributed by atoms with Crippen LogP contribution in [0.25, 0.3) is 27.7 Å². The molecule has 1 N–H and O–H groups in total. The van der Waals surface area contributed by atoms with Crippen LogP contribution in [0.2, 0.25) is 0 Å². The van der Waals surface area contributed by atoms with E-state index < -0.39 is 43.1 Å². The molecule has 3 aromatic heterocycles. The predicted molar refractivity (Wildman–Crippen MR) is 125 cm³/mol. The quantitative estimate of drug-likeness (QED) is 0.361. The molecule has 16 heteroatoms. The lowest BCUT2D eigenvalue weighted by Gasteiger charge is -2.44. The van der Waals surface area contributed by atoms with Crippen molar-refractivity contribution in [2.24, 2.45) is 0 Å². The maximum Gasteiger partial charge on any atom is 0.408 e. The molecule has 4 aromatic rings. The van der Waals surface area contributed by atoms with Crippen LogP contribution < -0.4 is 10.1 Å². The lowest BCUT2D eigenvalue weighted by Crippen LogP contribution is -2.61. The summed E-state index contributed by atoms with van der Waals surface area (Å²) in [6, 6.07) is 1.64. The van der Waals surface area contributed by atoms with Crippen LogP contribution in [0, 0.1) is 5.82 Å². The first kappa shape index (κ1) is 24.4. The molecule has 2 aliphatic rings. The van der Waals surface area contributed by atoms with Gasteiger partial charge in [-0.05, 0) is 24.1 Å². The Morgan fingerprint density at radius 2 is 2.08 bits per heavy atom. The van der Waals surface area contributed by atoms with E-state index in [0.29, 0.717) is 4.68 Å². The van der Waals surface area contributed by atoms with Gasteiger partial charge in [0.25, 0.3) is 5.92 Å². The fourth-order valence-corrected chi connectivity index (χ4v) is 4.83. The van der Waals surface area contributed by atoms with Crippen LogP contribution in [-0.2, 0) is 11.3 Å². The number of anilines is 1. The number of fused-ring (bicyclic) bond motifs is 2. The molecule has 1 unspecified atom stereocenters. The number of alkyl halides is 5. The molecule has 10 nitrogen and oxygen atoms in total. The first-order valence-electron chi connectivity index (χ1n) is 12.4. The molecule has 0 saturated carbocycles. The maximum absolute atomic E-state index is 15.3. The second-order valence-corrected chi connectivity index (χ2v) is 9.38. The average molecular weight is 557 g/mol. The summed E-state index contributed by atoms with van der Waals surface area (Å²) in [6.45, 7) is -1.68. The number of nitrogens with one attached hydrogen (secondary N) is 1. The Hall–Kier alpha value is -3.66. The number of nitrogens with zero attached hydrogens (tertiary/aromatic N) is 7. The van der Waals surface area contributed by atoms with Crippen LogP contribution in [0.1, 0.15) is 7.79 Å². The molecule has 0 amide bonds. The van der Waals surface area contributed by atoms with E-state index in [2.05, 4.69) is 25.7 Å². The minimum atomic E-state index is -4.55. The van der Waals surface area contributed by atoms with E-state index in [9.17, 15) is 13.2 Å². The van der Waals surface area contributed by atoms with Crippen molar-refractivity contribution in [1.29, 1.82) is 0 Å². The molecular weight excluding hydrogens is 534 g/mol. The van der Waals surface area contributed by atoms with E-state index in [1.54, 1.807) is 0 Å². The first-order chi connectivity index (χ1) is 18.9. The standard InChI is InChI=1S/C23H22F6N8O2/c1-38-20-19-18(12-2-3-15-16(6-12)37(34-32-15)11-23(27,28)29)14(24)7-36(19)33-21(31-20)30-17-4-5-35(10-22(17,25)26)13-8-39-9-13/h2-3,6-7,13,17H,4-5,8-11H2,1H3,(H,30,33)/i13D. The lowest BCUT2D eigenvalue weighted by atomic mass is 9.98. The molecule has 39 heavy (non-hydrogen) atoms. The van der Waals surface area contributed by atoms with Crippen LogP contribution in [0.4, 0.5) is 32.3 Å². The number of methoxy groups -OCH3 is 1. The summed E-state index contributed by atoms with van der Waals surface area (Å²) in [7, 11) is 1.26. The van der Waals surface area contributed by atoms with Crippen molar-refractivity contribution >= 4 is 22.5 Å². The van der Waals surface area contributed by atoms with Crippen molar-refractivity contribution in [3.05, 3.63) is 30.2 Å². The normalized spacial score (nSPS) is 21.6. The highest BCUT2D eigenvalue weighted by Crippen LogP contribution is 2.37. The molecule has 6 rings (SSSR count). The van der Waals surface area contributed by atoms with Crippen molar-refractivity contribution in [3.63, 3.8) is 0 Å². The third-order valence-corrected chi connectivity index (χ3v) is 6.76. The highest BCUT2D eigenvalue weighted by molar-refractivity contribution is 5.89. The van der Waals surface area contributed by atoms with E-state index in [4.69, 9.17) is 10.8 Å². The summed E-state index contributed by atoms with van der Waals surface area (Å²) < 4.78 is 105. The van der Waals surface area contributed by atoms with Gasteiger partial charge in [0.2, 0.25) is 11.8 Å². The number of hydrogen-bond donors (Lipinski definition) is 1. The summed E-state index contributed by atoms with van der Waals surface area (Å²) >= 11 is 0. The number of benzene rings is 1. The minimum absolute atomic E-state index is 0.0116. The first-order valence-corrected chi connectivity index (χ1v) is 11.9. The number of ether oxygens (including phenoxy) is 2.